The van der Waals surface area contributed by atoms with Crippen molar-refractivity contribution in [1.82, 2.24) is 19.1 Å². The van der Waals surface area contributed by atoms with Crippen LogP contribution in [0.25, 0.3) is 0 Å². The van der Waals surface area contributed by atoms with Crippen LogP contribution < -0.4 is 0 Å². The van der Waals surface area contributed by atoms with Gasteiger partial charge in [0.2, 0.25) is 10.0 Å². The molecule has 1 fully saturated rings. The molecule has 2 aromatic rings. The number of aromatic nitrogens is 3. The summed E-state index contributed by atoms with van der Waals surface area (Å²) in [6.45, 7) is 3.40. The highest BCUT2D eigenvalue weighted by Crippen LogP contribution is 2.27. The Morgan fingerprint density at radius 1 is 1.33 bits per heavy atom. The van der Waals surface area contributed by atoms with Crippen LogP contribution in [0, 0.1) is 4.77 Å². The molecule has 0 saturated carbocycles. The highest BCUT2D eigenvalue weighted by molar-refractivity contribution is 7.89. The molecule has 0 aliphatic carbocycles. The molecule has 1 aliphatic heterocycles. The summed E-state index contributed by atoms with van der Waals surface area (Å²) < 4.78 is 28.5. The number of nitrogens with one attached hydrogen (secondary N) is 1. The molecule has 0 unspecified atom stereocenters. The predicted octanol–water partition coefficient (Wildman–Crippen LogP) is 2.52. The molecule has 0 radical (unpaired) electrons. The third-order valence-electron chi connectivity index (χ3n) is 4.48. The number of nitrogens with zero attached hydrogens (tertiary/aromatic N) is 3. The van der Waals surface area contributed by atoms with Crippen LogP contribution in [0.2, 0.25) is 0 Å². The van der Waals surface area contributed by atoms with Crippen LogP contribution in [0.5, 0.6) is 0 Å². The van der Waals surface area contributed by atoms with Gasteiger partial charge in [-0.05, 0) is 37.5 Å². The number of hydrogen-bond donors (Lipinski definition) is 1. The molecule has 8 heteroatoms. The van der Waals surface area contributed by atoms with Gasteiger partial charge in [-0.25, -0.2) is 12.7 Å². The molecule has 1 saturated heterocycles. The Kier molecular flexibility index (Phi) is 5.17. The van der Waals surface area contributed by atoms with E-state index in [0.29, 0.717) is 24.4 Å². The van der Waals surface area contributed by atoms with E-state index in [1.165, 1.54) is 0 Å². The van der Waals surface area contributed by atoms with Gasteiger partial charge >= 0.3 is 0 Å². The van der Waals surface area contributed by atoms with Gasteiger partial charge in [-0.3, -0.25) is 9.67 Å². The van der Waals surface area contributed by atoms with Gasteiger partial charge in [-0.1, -0.05) is 30.3 Å². The standard InChI is InChI=1S/C16H22N4O2S2/c1-2-24(21,22)19-10-6-9-14(12-19)15-17-18-16(23)20(15)11-13-7-4-3-5-8-13/h3-5,7-8,14H,2,6,9-12H2,1H3,(H,18,23)/t14-/m1/s1. The fourth-order valence-electron chi connectivity index (χ4n) is 3.15. The van der Waals surface area contributed by atoms with Crippen molar-refractivity contribution in [3.63, 3.8) is 0 Å². The molecule has 1 aromatic heterocycles. The molecular formula is C16H22N4O2S2. The third-order valence-corrected chi connectivity index (χ3v) is 6.64. The first-order chi connectivity index (χ1) is 11.5. The lowest BCUT2D eigenvalue weighted by Gasteiger charge is -2.31. The monoisotopic (exact) mass is 366 g/mol. The lowest BCUT2D eigenvalue weighted by molar-refractivity contribution is 0.305. The second kappa shape index (κ2) is 7.16. The second-order valence-electron chi connectivity index (χ2n) is 6.06. The lowest BCUT2D eigenvalue weighted by atomic mass is 9.98. The van der Waals surface area contributed by atoms with Crippen molar-refractivity contribution in [2.45, 2.75) is 32.2 Å². The molecule has 1 aliphatic rings. The fraction of sp³-hybridized carbons (Fsp3) is 0.500. The van der Waals surface area contributed by atoms with E-state index in [2.05, 4.69) is 10.2 Å². The van der Waals surface area contributed by atoms with Crippen LogP contribution >= 0.6 is 12.2 Å². The van der Waals surface area contributed by atoms with Gasteiger partial charge in [-0.2, -0.15) is 5.10 Å². The molecule has 1 aromatic carbocycles. The molecule has 0 amide bonds. The van der Waals surface area contributed by atoms with Gasteiger partial charge in [0.05, 0.1) is 12.3 Å². The van der Waals surface area contributed by atoms with Crippen LogP contribution in [0.4, 0.5) is 0 Å². The average Bonchev–Trinajstić information content (AvgIpc) is 2.97. The smallest absolute Gasteiger partial charge is 0.213 e. The average molecular weight is 367 g/mol. The summed E-state index contributed by atoms with van der Waals surface area (Å²) in [6.07, 6.45) is 1.76. The van der Waals surface area contributed by atoms with Crippen molar-refractivity contribution >= 4 is 22.2 Å². The number of rotatable bonds is 5. The zero-order valence-corrected chi connectivity index (χ0v) is 15.3. The van der Waals surface area contributed by atoms with E-state index in [-0.39, 0.29) is 11.7 Å². The quantitative estimate of drug-likeness (QED) is 0.826. The minimum absolute atomic E-state index is 0.0664. The maximum Gasteiger partial charge on any atom is 0.213 e. The van der Waals surface area contributed by atoms with Gasteiger partial charge < -0.3 is 0 Å². The molecule has 3 rings (SSSR count). The Hall–Kier alpha value is -1.51. The molecule has 0 spiro atoms. The molecule has 1 atom stereocenters. The Bertz CT molecular complexity index is 842. The number of hydrogen-bond acceptors (Lipinski definition) is 4. The van der Waals surface area contributed by atoms with Crippen LogP contribution in [-0.4, -0.2) is 46.3 Å². The predicted molar refractivity (Wildman–Crippen MR) is 96.0 cm³/mol. The van der Waals surface area contributed by atoms with Gasteiger partial charge in [0.25, 0.3) is 0 Å². The summed E-state index contributed by atoms with van der Waals surface area (Å²) in [7, 11) is -3.17. The first kappa shape index (κ1) is 17.3. The molecule has 1 N–H and O–H groups in total. The minimum atomic E-state index is -3.17. The maximum absolute atomic E-state index is 12.2. The Balaban J connectivity index is 1.86. The molecule has 130 valence electrons. The van der Waals surface area contributed by atoms with E-state index in [1.54, 1.807) is 11.2 Å². The molecule has 0 bridgehead atoms. The Labute approximate surface area is 147 Å². The topological polar surface area (TPSA) is 71.0 Å². The molecule has 24 heavy (non-hydrogen) atoms. The fourth-order valence-corrected chi connectivity index (χ4v) is 4.53. The third kappa shape index (κ3) is 3.60. The lowest BCUT2D eigenvalue weighted by Crippen LogP contribution is -2.40. The minimum Gasteiger partial charge on any atom is -0.299 e. The Morgan fingerprint density at radius 2 is 2.08 bits per heavy atom. The maximum atomic E-state index is 12.2. The summed E-state index contributed by atoms with van der Waals surface area (Å²) in [5.41, 5.74) is 1.14. The molecule has 2 heterocycles. The normalized spacial score (nSPS) is 19.5. The first-order valence-electron chi connectivity index (χ1n) is 8.18. The van der Waals surface area contributed by atoms with Crippen LogP contribution in [0.3, 0.4) is 0 Å². The van der Waals surface area contributed by atoms with Gasteiger partial charge in [-0.15, -0.1) is 0 Å². The van der Waals surface area contributed by atoms with E-state index in [1.807, 2.05) is 34.9 Å². The van der Waals surface area contributed by atoms with Crippen molar-refractivity contribution in [3.8, 4) is 0 Å². The number of piperidine rings is 1. The summed E-state index contributed by atoms with van der Waals surface area (Å²) in [6, 6.07) is 10.1. The van der Waals surface area contributed by atoms with E-state index in [0.717, 1.165) is 24.2 Å². The van der Waals surface area contributed by atoms with E-state index < -0.39 is 10.0 Å². The van der Waals surface area contributed by atoms with Gasteiger partial charge in [0, 0.05) is 19.0 Å². The van der Waals surface area contributed by atoms with Gasteiger partial charge in [0.1, 0.15) is 5.82 Å². The van der Waals surface area contributed by atoms with Gasteiger partial charge in [0.15, 0.2) is 4.77 Å². The van der Waals surface area contributed by atoms with Crippen LogP contribution in [0.15, 0.2) is 30.3 Å². The van der Waals surface area contributed by atoms with Crippen LogP contribution in [-0.2, 0) is 16.6 Å². The highest BCUT2D eigenvalue weighted by atomic mass is 32.2. The summed E-state index contributed by atoms with van der Waals surface area (Å²) in [5.74, 6) is 1.05. The number of H-pyrrole nitrogens is 1. The summed E-state index contributed by atoms with van der Waals surface area (Å²) in [4.78, 5) is 0. The largest absolute Gasteiger partial charge is 0.299 e. The number of aromatic amines is 1. The van der Waals surface area contributed by atoms with Crippen molar-refractivity contribution in [2.75, 3.05) is 18.8 Å². The molecule has 6 nitrogen and oxygen atoms in total. The number of benzene rings is 1. The van der Waals surface area contributed by atoms with E-state index in [4.69, 9.17) is 12.2 Å². The van der Waals surface area contributed by atoms with Crippen molar-refractivity contribution in [3.05, 3.63) is 46.5 Å². The zero-order valence-electron chi connectivity index (χ0n) is 13.7. The van der Waals surface area contributed by atoms with Crippen LogP contribution in [0.1, 0.15) is 37.1 Å². The second-order valence-corrected chi connectivity index (χ2v) is 8.70. The van der Waals surface area contributed by atoms with Crippen molar-refractivity contribution in [1.29, 1.82) is 0 Å². The Morgan fingerprint density at radius 3 is 2.79 bits per heavy atom. The first-order valence-corrected chi connectivity index (χ1v) is 10.2. The summed E-state index contributed by atoms with van der Waals surface area (Å²) >= 11 is 5.38. The summed E-state index contributed by atoms with van der Waals surface area (Å²) in [5, 5.41) is 7.27. The SMILES string of the molecule is CCS(=O)(=O)N1CCC[C@@H](c2n[nH]c(=S)n2Cc2ccccc2)C1. The van der Waals surface area contributed by atoms with E-state index >= 15 is 0 Å². The molecular weight excluding hydrogens is 344 g/mol. The highest BCUT2D eigenvalue weighted by Gasteiger charge is 2.31. The van der Waals surface area contributed by atoms with E-state index in [9.17, 15) is 8.42 Å². The zero-order chi connectivity index (χ0) is 17.2. The van der Waals surface area contributed by atoms with Crippen molar-refractivity contribution in [2.24, 2.45) is 0 Å². The van der Waals surface area contributed by atoms with Crippen molar-refractivity contribution < 1.29 is 8.42 Å². The number of sulfonamides is 1.